The van der Waals surface area contributed by atoms with E-state index in [-0.39, 0.29) is 11.1 Å². The van der Waals surface area contributed by atoms with Crippen LogP contribution < -0.4 is 37.9 Å². The molecule has 4 atom stereocenters. The van der Waals surface area contributed by atoms with Crippen molar-refractivity contribution < 1.29 is 47.4 Å². The number of rotatable bonds is 30. The second kappa shape index (κ2) is 35.6. The van der Waals surface area contributed by atoms with Gasteiger partial charge in [-0.05, 0) is 132 Å². The molecule has 482 valence electrons. The van der Waals surface area contributed by atoms with Crippen molar-refractivity contribution in [1.29, 1.82) is 0 Å². The van der Waals surface area contributed by atoms with E-state index in [1.54, 1.807) is 0 Å². The quantitative estimate of drug-likeness (QED) is 0.0266. The van der Waals surface area contributed by atoms with Crippen molar-refractivity contribution in [3.8, 4) is 46.0 Å². The minimum Gasteiger partial charge on any atom is -0.489 e. The zero-order valence-corrected chi connectivity index (χ0v) is 61.3. The molecule has 10 rings (SSSR count). The van der Waals surface area contributed by atoms with E-state index >= 15 is 0 Å². The molecule has 1 N–H and O–H groups in total. The zero-order valence-electron chi connectivity index (χ0n) is 52.8. The van der Waals surface area contributed by atoms with Gasteiger partial charge in [0.1, 0.15) is 97.8 Å². The van der Waals surface area contributed by atoms with Gasteiger partial charge in [0.2, 0.25) is 0 Å². The van der Waals surface area contributed by atoms with Crippen LogP contribution in [-0.2, 0) is 44.1 Å². The van der Waals surface area contributed by atoms with Crippen LogP contribution >= 0.6 is 77.0 Å². The first-order valence-electron chi connectivity index (χ1n) is 30.8. The van der Waals surface area contributed by atoms with Gasteiger partial charge in [0.05, 0.1) is 13.2 Å². The highest BCUT2D eigenvalue weighted by atomic mass is 127. The molecule has 0 aliphatic rings. The van der Waals surface area contributed by atoms with Crippen LogP contribution in [-0.4, -0.2) is 36.3 Å². The van der Waals surface area contributed by atoms with Crippen LogP contribution in [0.25, 0.3) is 0 Å². The molecule has 0 saturated carbocycles. The Hall–Kier alpha value is -6.84. The lowest BCUT2D eigenvalue weighted by atomic mass is 10.0. The molecule has 0 spiro atoms. The molecule has 0 aromatic heterocycles. The standard InChI is InChI=1S/C42H46BrIO5Si.C36H32BrIO5/c1-42(2,3)50(4,5)49-39(27-43)41(34-21-23-35(24-22-34)45-28-31-15-9-6-10-16-31)48-38-26-36(46-29-32-17-11-7-12-18-32)25-37(40(38)44)47-30-33-19-13-8-14-20-33;37-22-32(39)36(29-16-18-30(19-17-29)40-23-26-10-4-1-5-11-26)43-34-21-31(41-24-27-12-6-2-7-13-27)20-33(35(34)38)42-25-28-14-8-3-9-15-28/h6-26,39,41H,27-30H2,1-5H3;1-21,32,36,39H,22-25H2/t39-,41+;32-,36+/m11/s1. The molecule has 15 heteroatoms. The summed E-state index contributed by atoms with van der Waals surface area (Å²) in [5, 5.41) is 12.0. The molecule has 0 amide bonds. The molecule has 10 aromatic rings. The SMILES string of the molecule is CC(C)(C)[Si](C)(C)O[C@H](CBr)[C@@H](Oc1cc(OCc2ccccc2)cc(OCc2ccccc2)c1I)c1ccc(OCc2ccccc2)cc1.O[C@H](CBr)[C@@H](Oc1cc(OCc2ccccc2)cc(OCc2ccccc2)c1I)c1ccc(OCc2ccccc2)cc1. The number of hydrogen-bond donors (Lipinski definition) is 1. The Morgan fingerprint density at radius 2 is 0.645 bits per heavy atom. The predicted molar refractivity (Wildman–Crippen MR) is 398 cm³/mol. The van der Waals surface area contributed by atoms with Crippen LogP contribution in [0.2, 0.25) is 18.1 Å². The van der Waals surface area contributed by atoms with Crippen molar-refractivity contribution in [2.45, 2.75) is 103 Å². The van der Waals surface area contributed by atoms with Gasteiger partial charge in [-0.15, -0.1) is 0 Å². The van der Waals surface area contributed by atoms with Crippen molar-refractivity contribution in [2.24, 2.45) is 0 Å². The van der Waals surface area contributed by atoms with Crippen molar-refractivity contribution >= 4 is 85.4 Å². The zero-order chi connectivity index (χ0) is 65.4. The summed E-state index contributed by atoms with van der Waals surface area (Å²) in [6.45, 7) is 13.9. The lowest BCUT2D eigenvalue weighted by molar-refractivity contribution is 0.0508. The van der Waals surface area contributed by atoms with Crippen LogP contribution in [0.4, 0.5) is 0 Å². The highest BCUT2D eigenvalue weighted by Gasteiger charge is 2.42. The molecule has 0 heterocycles. The lowest BCUT2D eigenvalue weighted by Crippen LogP contribution is -2.46. The Kier molecular flexibility index (Phi) is 27.0. The van der Waals surface area contributed by atoms with Gasteiger partial charge in [-0.2, -0.15) is 0 Å². The maximum absolute atomic E-state index is 11.0. The summed E-state index contributed by atoms with van der Waals surface area (Å²) < 4.78 is 59.6. The van der Waals surface area contributed by atoms with E-state index < -0.39 is 26.6 Å². The fourth-order valence-corrected chi connectivity index (χ4v) is 13.0. The van der Waals surface area contributed by atoms with Crippen molar-refractivity contribution in [2.75, 3.05) is 10.7 Å². The first kappa shape index (κ1) is 70.5. The summed E-state index contributed by atoms with van der Waals surface area (Å²) in [6, 6.07) is 83.9. The van der Waals surface area contributed by atoms with E-state index in [9.17, 15) is 5.11 Å². The number of hydrogen-bond acceptors (Lipinski definition) is 10. The molecule has 0 saturated heterocycles. The second-order valence-electron chi connectivity index (χ2n) is 23.6. The van der Waals surface area contributed by atoms with Crippen LogP contribution in [0.15, 0.2) is 255 Å². The van der Waals surface area contributed by atoms with Gasteiger partial charge in [0.25, 0.3) is 0 Å². The molecule has 0 aliphatic carbocycles. The molecular weight excluding hydrogens is 1540 g/mol. The third-order valence-corrected chi connectivity index (χ3v) is 23.5. The van der Waals surface area contributed by atoms with Gasteiger partial charge in [-0.1, -0.05) is 259 Å². The monoisotopic (exact) mass is 1610 g/mol. The topological polar surface area (TPSA) is 103 Å². The number of alkyl halides is 2. The average Bonchev–Trinajstić information content (AvgIpc) is 0.904. The predicted octanol–water partition coefficient (Wildman–Crippen LogP) is 20.8. The van der Waals surface area contributed by atoms with E-state index in [4.69, 9.17) is 42.3 Å². The number of aliphatic hydroxyl groups is 1. The molecule has 93 heavy (non-hydrogen) atoms. The summed E-state index contributed by atoms with van der Waals surface area (Å²) in [5.41, 5.74) is 8.28. The van der Waals surface area contributed by atoms with Crippen LogP contribution in [0.3, 0.4) is 0 Å². The van der Waals surface area contributed by atoms with Gasteiger partial charge in [0, 0.05) is 34.9 Å². The number of ether oxygens (including phenoxy) is 8. The van der Waals surface area contributed by atoms with Crippen molar-refractivity contribution in [1.82, 2.24) is 0 Å². The summed E-state index contributed by atoms with van der Waals surface area (Å²) in [7, 11) is -2.18. The number of aliphatic hydroxyl groups excluding tert-OH is 1. The van der Waals surface area contributed by atoms with Gasteiger partial charge in [-0.3, -0.25) is 0 Å². The lowest BCUT2D eigenvalue weighted by Gasteiger charge is -2.41. The summed E-state index contributed by atoms with van der Waals surface area (Å²) in [4.78, 5) is 0. The molecule has 0 aliphatic heterocycles. The Labute approximate surface area is 593 Å². The number of halogens is 4. The molecule has 0 unspecified atom stereocenters. The molecule has 10 aromatic carbocycles. The maximum Gasteiger partial charge on any atom is 0.192 e. The highest BCUT2D eigenvalue weighted by molar-refractivity contribution is 14.1. The van der Waals surface area contributed by atoms with E-state index in [0.29, 0.717) is 84.8 Å². The van der Waals surface area contributed by atoms with Gasteiger partial charge in [-0.25, -0.2) is 0 Å². The fourth-order valence-electron chi connectivity index (χ4n) is 9.40. The van der Waals surface area contributed by atoms with Crippen LogP contribution in [0.5, 0.6) is 46.0 Å². The van der Waals surface area contributed by atoms with E-state index in [1.165, 1.54) is 0 Å². The third kappa shape index (κ3) is 21.6. The van der Waals surface area contributed by atoms with Gasteiger partial charge < -0.3 is 47.4 Å². The van der Waals surface area contributed by atoms with E-state index in [2.05, 4.69) is 159 Å². The Bertz CT molecular complexity index is 3820. The van der Waals surface area contributed by atoms with E-state index in [0.717, 1.165) is 63.1 Å². The first-order chi connectivity index (χ1) is 45.1. The Morgan fingerprint density at radius 1 is 0.366 bits per heavy atom. The summed E-state index contributed by atoms with van der Waals surface area (Å²) in [6.07, 6.45) is -2.17. The van der Waals surface area contributed by atoms with Crippen molar-refractivity contribution in [3.05, 3.63) is 306 Å². The Morgan fingerprint density at radius 3 is 0.946 bits per heavy atom. The third-order valence-electron chi connectivity index (χ3n) is 15.6. The molecule has 10 nitrogen and oxygen atoms in total. The maximum atomic E-state index is 11.0. The Balaban J connectivity index is 0.000000222. The van der Waals surface area contributed by atoms with Gasteiger partial charge in [0.15, 0.2) is 14.4 Å². The summed E-state index contributed by atoms with van der Waals surface area (Å²) >= 11 is 11.8. The fraction of sp³-hybridized carbons (Fsp3) is 0.231. The molecule has 0 fully saturated rings. The second-order valence-corrected chi connectivity index (χ2v) is 31.8. The highest BCUT2D eigenvalue weighted by Crippen LogP contribution is 2.44. The van der Waals surface area contributed by atoms with E-state index in [1.807, 2.05) is 206 Å². The summed E-state index contributed by atoms with van der Waals surface area (Å²) in [5.74, 6) is 5.36. The minimum absolute atomic E-state index is 0.0190. The van der Waals surface area contributed by atoms with Crippen LogP contribution in [0, 0.1) is 7.14 Å². The molecule has 0 bridgehead atoms. The largest absolute Gasteiger partial charge is 0.489 e. The molecular formula is C78H78Br2I2O10Si. The minimum atomic E-state index is -2.18. The molecule has 0 radical (unpaired) electrons. The van der Waals surface area contributed by atoms with Crippen LogP contribution in [0.1, 0.15) is 77.5 Å². The smallest absolute Gasteiger partial charge is 0.192 e. The average molecular weight is 1620 g/mol. The van der Waals surface area contributed by atoms with Crippen molar-refractivity contribution in [3.63, 3.8) is 0 Å². The first-order valence-corrected chi connectivity index (χ1v) is 38.1. The van der Waals surface area contributed by atoms with Gasteiger partial charge >= 0.3 is 0 Å². The number of benzene rings is 10. The normalized spacial score (nSPS) is 12.6.